The van der Waals surface area contributed by atoms with E-state index in [-0.39, 0.29) is 11.8 Å². The van der Waals surface area contributed by atoms with Gasteiger partial charge in [0.1, 0.15) is 10.8 Å². The molecule has 1 aliphatic rings. The highest BCUT2D eigenvalue weighted by atomic mass is 32.1. The van der Waals surface area contributed by atoms with Crippen molar-refractivity contribution in [1.82, 2.24) is 9.88 Å². The molecule has 5 nitrogen and oxygen atoms in total. The van der Waals surface area contributed by atoms with Crippen molar-refractivity contribution in [3.8, 4) is 16.9 Å². The Morgan fingerprint density at radius 1 is 1.24 bits per heavy atom. The third kappa shape index (κ3) is 5.02. The van der Waals surface area contributed by atoms with Crippen LogP contribution in [-0.4, -0.2) is 36.0 Å². The molecule has 1 fully saturated rings. The molecule has 2 heterocycles. The molecule has 3 aromatic rings. The monoisotopic (exact) mass is 407 g/mol. The summed E-state index contributed by atoms with van der Waals surface area (Å²) in [5.74, 6) is 0.948. The van der Waals surface area contributed by atoms with Gasteiger partial charge in [0.05, 0.1) is 19.6 Å². The van der Waals surface area contributed by atoms with Crippen LogP contribution in [0.25, 0.3) is 11.1 Å². The van der Waals surface area contributed by atoms with Gasteiger partial charge >= 0.3 is 0 Å². The summed E-state index contributed by atoms with van der Waals surface area (Å²) in [7, 11) is 1.67. The molecule has 1 amide bonds. The lowest BCUT2D eigenvalue weighted by atomic mass is 9.97. The maximum atomic E-state index is 12.8. The van der Waals surface area contributed by atoms with Crippen LogP contribution in [0.15, 0.2) is 60.1 Å². The van der Waals surface area contributed by atoms with Crippen LogP contribution < -0.4 is 10.1 Å². The lowest BCUT2D eigenvalue weighted by Gasteiger charge is -2.31. The summed E-state index contributed by atoms with van der Waals surface area (Å²) >= 11 is 1.67. The van der Waals surface area contributed by atoms with Crippen molar-refractivity contribution in [1.29, 1.82) is 0 Å². The summed E-state index contributed by atoms with van der Waals surface area (Å²) in [5, 5.41) is 6.20. The maximum Gasteiger partial charge on any atom is 0.228 e. The molecule has 150 valence electrons. The van der Waals surface area contributed by atoms with Crippen molar-refractivity contribution in [2.24, 2.45) is 5.92 Å². The minimum Gasteiger partial charge on any atom is -0.497 e. The predicted molar refractivity (Wildman–Crippen MR) is 117 cm³/mol. The molecule has 1 N–H and O–H groups in total. The number of nitrogens with one attached hydrogen (secondary N) is 1. The Balaban J connectivity index is 1.36. The first kappa shape index (κ1) is 19.6. The minimum absolute atomic E-state index is 0.0155. The van der Waals surface area contributed by atoms with Gasteiger partial charge in [0.2, 0.25) is 5.91 Å². The molecule has 0 saturated carbocycles. The Labute approximate surface area is 175 Å². The number of thiazole rings is 1. The molecule has 1 aromatic heterocycles. The Morgan fingerprint density at radius 3 is 2.86 bits per heavy atom. The van der Waals surface area contributed by atoms with E-state index in [0.717, 1.165) is 60.0 Å². The molecule has 0 bridgehead atoms. The average Bonchev–Trinajstić information content (AvgIpc) is 3.27. The summed E-state index contributed by atoms with van der Waals surface area (Å²) in [6.07, 6.45) is 3.81. The van der Waals surface area contributed by atoms with Gasteiger partial charge in [-0.3, -0.25) is 9.69 Å². The number of benzene rings is 2. The minimum atomic E-state index is 0.0155. The third-order valence-corrected chi connectivity index (χ3v) is 6.04. The molecule has 0 spiro atoms. The van der Waals surface area contributed by atoms with Gasteiger partial charge in [0.15, 0.2) is 0 Å². The van der Waals surface area contributed by atoms with Crippen LogP contribution in [0.1, 0.15) is 17.8 Å². The first-order chi connectivity index (χ1) is 14.2. The van der Waals surface area contributed by atoms with Gasteiger partial charge in [0, 0.05) is 23.8 Å². The van der Waals surface area contributed by atoms with E-state index in [9.17, 15) is 4.79 Å². The normalized spacial score (nSPS) is 17.1. The van der Waals surface area contributed by atoms with Crippen molar-refractivity contribution in [2.75, 3.05) is 25.5 Å². The van der Waals surface area contributed by atoms with Gasteiger partial charge in [-0.05, 0) is 54.8 Å². The number of carbonyl (C=O) groups is 1. The van der Waals surface area contributed by atoms with Gasteiger partial charge < -0.3 is 10.1 Å². The van der Waals surface area contributed by atoms with Crippen LogP contribution in [-0.2, 0) is 11.3 Å². The lowest BCUT2D eigenvalue weighted by Crippen LogP contribution is -2.40. The van der Waals surface area contributed by atoms with Gasteiger partial charge in [-0.25, -0.2) is 4.98 Å². The summed E-state index contributed by atoms with van der Waals surface area (Å²) < 4.78 is 5.30. The number of aromatic nitrogens is 1. The standard InChI is InChI=1S/C23H25N3O2S/c1-28-21-6-2-4-18(14-21)17-7-9-20(10-8-17)25-23(27)19-5-3-12-26(15-19)16-22-24-11-13-29-22/h2,4,6-11,13-14,19H,3,5,12,15-16H2,1H3,(H,25,27). The summed E-state index contributed by atoms with van der Waals surface area (Å²) in [6, 6.07) is 15.9. The first-order valence-electron chi connectivity index (χ1n) is 9.87. The lowest BCUT2D eigenvalue weighted by molar-refractivity contribution is -0.121. The molecule has 0 radical (unpaired) electrons. The molecular formula is C23H25N3O2S. The second kappa shape index (κ2) is 9.20. The molecule has 4 rings (SSSR count). The fourth-order valence-corrected chi connectivity index (χ4v) is 4.39. The number of methoxy groups -OCH3 is 1. The third-order valence-electron chi connectivity index (χ3n) is 5.27. The van der Waals surface area contributed by atoms with E-state index in [4.69, 9.17) is 4.74 Å². The summed E-state index contributed by atoms with van der Waals surface area (Å²) in [5.41, 5.74) is 3.01. The fraction of sp³-hybridized carbons (Fsp3) is 0.304. The number of hydrogen-bond acceptors (Lipinski definition) is 5. The topological polar surface area (TPSA) is 54.5 Å². The molecule has 1 atom stereocenters. The molecule has 1 saturated heterocycles. The van der Waals surface area contributed by atoms with Crippen molar-refractivity contribution < 1.29 is 9.53 Å². The number of amides is 1. The number of piperidine rings is 1. The van der Waals surface area contributed by atoms with Crippen LogP contribution in [0.5, 0.6) is 5.75 Å². The summed E-state index contributed by atoms with van der Waals surface area (Å²) in [6.45, 7) is 2.64. The van der Waals surface area contributed by atoms with Crippen LogP contribution in [0.4, 0.5) is 5.69 Å². The van der Waals surface area contributed by atoms with E-state index in [1.165, 1.54) is 0 Å². The van der Waals surface area contributed by atoms with Crippen molar-refractivity contribution in [3.05, 3.63) is 65.1 Å². The molecule has 6 heteroatoms. The Bertz CT molecular complexity index is 941. The Hall–Kier alpha value is -2.70. The number of ether oxygens (including phenoxy) is 1. The fourth-order valence-electron chi connectivity index (χ4n) is 3.73. The SMILES string of the molecule is COc1cccc(-c2ccc(NC(=O)C3CCCN(Cc4nccs4)C3)cc2)c1. The predicted octanol–water partition coefficient (Wildman–Crippen LogP) is 4.67. The zero-order valence-electron chi connectivity index (χ0n) is 16.5. The molecule has 1 aliphatic heterocycles. The number of rotatable bonds is 6. The smallest absolute Gasteiger partial charge is 0.228 e. The van der Waals surface area contributed by atoms with Crippen LogP contribution in [0.2, 0.25) is 0 Å². The average molecular weight is 408 g/mol. The van der Waals surface area contributed by atoms with Crippen molar-refractivity contribution in [3.63, 3.8) is 0 Å². The second-order valence-corrected chi connectivity index (χ2v) is 8.28. The van der Waals surface area contributed by atoms with Gasteiger partial charge in [-0.2, -0.15) is 0 Å². The van der Waals surface area contributed by atoms with E-state index in [2.05, 4.69) is 21.3 Å². The number of hydrogen-bond donors (Lipinski definition) is 1. The number of nitrogens with zero attached hydrogens (tertiary/aromatic N) is 2. The van der Waals surface area contributed by atoms with E-state index in [1.54, 1.807) is 18.4 Å². The van der Waals surface area contributed by atoms with Gasteiger partial charge in [-0.15, -0.1) is 11.3 Å². The molecule has 1 unspecified atom stereocenters. The second-order valence-electron chi connectivity index (χ2n) is 7.30. The number of anilines is 1. The number of carbonyl (C=O) groups excluding carboxylic acids is 1. The number of likely N-dealkylation sites (tertiary alicyclic amines) is 1. The van der Waals surface area contributed by atoms with Crippen LogP contribution >= 0.6 is 11.3 Å². The molecule has 2 aromatic carbocycles. The molecule has 29 heavy (non-hydrogen) atoms. The zero-order valence-corrected chi connectivity index (χ0v) is 17.3. The van der Waals surface area contributed by atoms with E-state index < -0.39 is 0 Å². The zero-order chi connectivity index (χ0) is 20.1. The van der Waals surface area contributed by atoms with Crippen LogP contribution in [0, 0.1) is 5.92 Å². The maximum absolute atomic E-state index is 12.8. The van der Waals surface area contributed by atoms with Crippen LogP contribution in [0.3, 0.4) is 0 Å². The quantitative estimate of drug-likeness (QED) is 0.645. The van der Waals surface area contributed by atoms with E-state index in [0.29, 0.717) is 0 Å². The van der Waals surface area contributed by atoms with Crippen molar-refractivity contribution >= 4 is 22.9 Å². The highest BCUT2D eigenvalue weighted by Gasteiger charge is 2.26. The van der Waals surface area contributed by atoms with E-state index in [1.807, 2.05) is 54.0 Å². The molecular weight excluding hydrogens is 382 g/mol. The highest BCUT2D eigenvalue weighted by Crippen LogP contribution is 2.26. The van der Waals surface area contributed by atoms with Crippen molar-refractivity contribution in [2.45, 2.75) is 19.4 Å². The summed E-state index contributed by atoms with van der Waals surface area (Å²) in [4.78, 5) is 19.5. The van der Waals surface area contributed by atoms with Gasteiger partial charge in [0.25, 0.3) is 0 Å². The van der Waals surface area contributed by atoms with E-state index >= 15 is 0 Å². The Kier molecular flexibility index (Phi) is 6.22. The highest BCUT2D eigenvalue weighted by molar-refractivity contribution is 7.09. The first-order valence-corrected chi connectivity index (χ1v) is 10.8. The Morgan fingerprint density at radius 2 is 2.10 bits per heavy atom. The molecule has 0 aliphatic carbocycles. The largest absolute Gasteiger partial charge is 0.497 e. The van der Waals surface area contributed by atoms with Gasteiger partial charge in [-0.1, -0.05) is 24.3 Å².